The van der Waals surface area contributed by atoms with Crippen molar-refractivity contribution < 1.29 is 19.1 Å². The normalized spacial score (nSPS) is 11.7. The number of hydrogen-bond donors (Lipinski definition) is 1. The second-order valence-corrected chi connectivity index (χ2v) is 6.28. The highest BCUT2D eigenvalue weighted by Gasteiger charge is 2.25. The molecule has 0 unspecified atom stereocenters. The molecule has 0 aliphatic heterocycles. The molecule has 0 saturated heterocycles. The van der Waals surface area contributed by atoms with Crippen molar-refractivity contribution in [3.05, 3.63) is 66.2 Å². The molecule has 2 aromatic carbocycles. The minimum atomic E-state index is -0.678. The Labute approximate surface area is 154 Å². The molecule has 1 atom stereocenters. The first-order valence-corrected chi connectivity index (χ1v) is 8.74. The SMILES string of the molecule is CC(C)[C@H](NC(=O)Cc1ccccc1)C(=O)OCCOc1ccccc1. The maximum absolute atomic E-state index is 12.3. The zero-order valence-corrected chi connectivity index (χ0v) is 15.2. The van der Waals surface area contributed by atoms with Crippen molar-refractivity contribution in [2.24, 2.45) is 5.92 Å². The van der Waals surface area contributed by atoms with Crippen LogP contribution < -0.4 is 10.1 Å². The van der Waals surface area contributed by atoms with E-state index in [1.165, 1.54) is 0 Å². The number of para-hydroxylation sites is 1. The minimum absolute atomic E-state index is 0.0720. The average molecular weight is 355 g/mol. The summed E-state index contributed by atoms with van der Waals surface area (Å²) in [7, 11) is 0. The molecule has 0 aliphatic rings. The van der Waals surface area contributed by atoms with Crippen LogP contribution in [0.5, 0.6) is 5.75 Å². The van der Waals surface area contributed by atoms with Gasteiger partial charge in [-0.25, -0.2) is 4.79 Å². The second-order valence-electron chi connectivity index (χ2n) is 6.28. The van der Waals surface area contributed by atoms with Gasteiger partial charge in [-0.2, -0.15) is 0 Å². The molecule has 138 valence electrons. The molecule has 1 N–H and O–H groups in total. The van der Waals surface area contributed by atoms with Gasteiger partial charge in [-0.3, -0.25) is 4.79 Å². The molecule has 0 heterocycles. The lowest BCUT2D eigenvalue weighted by Gasteiger charge is -2.21. The zero-order chi connectivity index (χ0) is 18.8. The fraction of sp³-hybridized carbons (Fsp3) is 0.333. The van der Waals surface area contributed by atoms with Gasteiger partial charge >= 0.3 is 5.97 Å². The van der Waals surface area contributed by atoms with Gasteiger partial charge in [-0.05, 0) is 23.6 Å². The van der Waals surface area contributed by atoms with Crippen LogP contribution in [0.25, 0.3) is 0 Å². The summed E-state index contributed by atoms with van der Waals surface area (Å²) in [5.41, 5.74) is 0.900. The average Bonchev–Trinajstić information content (AvgIpc) is 2.64. The van der Waals surface area contributed by atoms with Crippen LogP contribution >= 0.6 is 0 Å². The molecule has 0 radical (unpaired) electrons. The van der Waals surface area contributed by atoms with E-state index in [0.29, 0.717) is 0 Å². The van der Waals surface area contributed by atoms with Crippen LogP contribution in [0.3, 0.4) is 0 Å². The first kappa shape index (κ1) is 19.5. The molecule has 0 fully saturated rings. The monoisotopic (exact) mass is 355 g/mol. The topological polar surface area (TPSA) is 64.6 Å². The quantitative estimate of drug-likeness (QED) is 0.555. The highest BCUT2D eigenvalue weighted by atomic mass is 16.6. The molecule has 5 heteroatoms. The van der Waals surface area contributed by atoms with Gasteiger partial charge in [0.2, 0.25) is 5.91 Å². The van der Waals surface area contributed by atoms with Crippen molar-refractivity contribution in [1.29, 1.82) is 0 Å². The van der Waals surface area contributed by atoms with Crippen LogP contribution in [-0.2, 0) is 20.7 Å². The number of carbonyl (C=O) groups is 2. The molecule has 1 amide bonds. The number of amides is 1. The molecule has 0 aromatic heterocycles. The van der Waals surface area contributed by atoms with Gasteiger partial charge in [0.05, 0.1) is 6.42 Å². The van der Waals surface area contributed by atoms with Crippen LogP contribution in [0.1, 0.15) is 19.4 Å². The third-order valence-corrected chi connectivity index (χ3v) is 3.78. The van der Waals surface area contributed by atoms with E-state index in [-0.39, 0.29) is 31.5 Å². The van der Waals surface area contributed by atoms with E-state index in [4.69, 9.17) is 9.47 Å². The summed E-state index contributed by atoms with van der Waals surface area (Å²) in [5.74, 6) is 0.00264. The molecule has 0 bridgehead atoms. The molecule has 0 saturated carbocycles. The lowest BCUT2D eigenvalue weighted by molar-refractivity contribution is -0.149. The van der Waals surface area contributed by atoms with Crippen molar-refractivity contribution >= 4 is 11.9 Å². The van der Waals surface area contributed by atoms with Crippen molar-refractivity contribution in [2.45, 2.75) is 26.3 Å². The fourth-order valence-corrected chi connectivity index (χ4v) is 2.41. The standard InChI is InChI=1S/C21H25NO4/c1-16(2)20(22-19(23)15-17-9-5-3-6-10-17)21(24)26-14-13-25-18-11-7-4-8-12-18/h3-12,16,20H,13-15H2,1-2H3,(H,22,23)/t20-/m0/s1. The maximum atomic E-state index is 12.3. The summed E-state index contributed by atoms with van der Waals surface area (Å²) in [6.45, 7) is 4.13. The Morgan fingerprint density at radius 2 is 1.54 bits per heavy atom. The van der Waals surface area contributed by atoms with E-state index in [9.17, 15) is 9.59 Å². The van der Waals surface area contributed by atoms with Gasteiger partial charge in [0, 0.05) is 0 Å². The summed E-state index contributed by atoms with van der Waals surface area (Å²) in [6.07, 6.45) is 0.231. The minimum Gasteiger partial charge on any atom is -0.490 e. The lowest BCUT2D eigenvalue weighted by atomic mass is 10.0. The van der Waals surface area contributed by atoms with Gasteiger partial charge in [0.15, 0.2) is 0 Å². The van der Waals surface area contributed by atoms with Gasteiger partial charge in [0.1, 0.15) is 25.0 Å². The molecular weight excluding hydrogens is 330 g/mol. The van der Waals surface area contributed by atoms with Crippen LogP contribution in [0, 0.1) is 5.92 Å². The Morgan fingerprint density at radius 3 is 2.15 bits per heavy atom. The Bertz CT molecular complexity index is 686. The number of ether oxygens (including phenoxy) is 2. The largest absolute Gasteiger partial charge is 0.490 e. The van der Waals surface area contributed by atoms with Crippen molar-refractivity contribution in [3.63, 3.8) is 0 Å². The van der Waals surface area contributed by atoms with E-state index in [1.807, 2.05) is 74.5 Å². The van der Waals surface area contributed by atoms with Crippen molar-refractivity contribution in [3.8, 4) is 5.75 Å². The predicted molar refractivity (Wildman–Crippen MR) is 99.8 cm³/mol. The van der Waals surface area contributed by atoms with Gasteiger partial charge in [-0.15, -0.1) is 0 Å². The smallest absolute Gasteiger partial charge is 0.329 e. The van der Waals surface area contributed by atoms with Crippen molar-refractivity contribution in [1.82, 2.24) is 5.32 Å². The Morgan fingerprint density at radius 1 is 0.923 bits per heavy atom. The molecule has 0 aliphatic carbocycles. The first-order valence-electron chi connectivity index (χ1n) is 8.74. The van der Waals surface area contributed by atoms with Crippen molar-refractivity contribution in [2.75, 3.05) is 13.2 Å². The number of nitrogens with one attached hydrogen (secondary N) is 1. The zero-order valence-electron chi connectivity index (χ0n) is 15.2. The Balaban J connectivity index is 1.78. The van der Waals surface area contributed by atoms with E-state index in [2.05, 4.69) is 5.32 Å². The highest BCUT2D eigenvalue weighted by molar-refractivity contribution is 5.85. The maximum Gasteiger partial charge on any atom is 0.329 e. The van der Waals surface area contributed by atoms with Crippen LogP contribution in [0.15, 0.2) is 60.7 Å². The Hall–Kier alpha value is -2.82. The van der Waals surface area contributed by atoms with E-state index in [0.717, 1.165) is 11.3 Å². The fourth-order valence-electron chi connectivity index (χ4n) is 2.41. The van der Waals surface area contributed by atoms with E-state index in [1.54, 1.807) is 0 Å². The Kier molecular flexibility index (Phi) is 7.68. The number of benzene rings is 2. The second kappa shape index (κ2) is 10.2. The van der Waals surface area contributed by atoms with Gasteiger partial charge in [0.25, 0.3) is 0 Å². The van der Waals surface area contributed by atoms with Gasteiger partial charge < -0.3 is 14.8 Å². The van der Waals surface area contributed by atoms with Crippen LogP contribution in [0.4, 0.5) is 0 Å². The summed E-state index contributed by atoms with van der Waals surface area (Å²) >= 11 is 0. The lowest BCUT2D eigenvalue weighted by Crippen LogP contribution is -2.46. The molecular formula is C21H25NO4. The van der Waals surface area contributed by atoms with E-state index < -0.39 is 12.0 Å². The molecule has 2 rings (SSSR count). The van der Waals surface area contributed by atoms with Gasteiger partial charge in [-0.1, -0.05) is 62.4 Å². The molecule has 5 nitrogen and oxygen atoms in total. The van der Waals surface area contributed by atoms with Crippen LogP contribution in [-0.4, -0.2) is 31.1 Å². The summed E-state index contributed by atoms with van der Waals surface area (Å²) < 4.78 is 10.8. The predicted octanol–water partition coefficient (Wildman–Crippen LogP) is 2.99. The summed E-state index contributed by atoms with van der Waals surface area (Å²) in [6, 6.07) is 18.1. The van der Waals surface area contributed by atoms with E-state index >= 15 is 0 Å². The van der Waals surface area contributed by atoms with Crippen LogP contribution in [0.2, 0.25) is 0 Å². The molecule has 0 spiro atoms. The summed E-state index contributed by atoms with van der Waals surface area (Å²) in [4.78, 5) is 24.5. The first-order chi connectivity index (χ1) is 12.6. The number of carbonyl (C=O) groups excluding carboxylic acids is 2. The molecule has 26 heavy (non-hydrogen) atoms. The third kappa shape index (κ3) is 6.59. The molecule has 2 aromatic rings. The number of hydrogen-bond acceptors (Lipinski definition) is 4. The number of rotatable bonds is 9. The summed E-state index contributed by atoms with van der Waals surface area (Å²) in [5, 5.41) is 2.77. The third-order valence-electron chi connectivity index (χ3n) is 3.78. The number of esters is 1. The highest BCUT2D eigenvalue weighted by Crippen LogP contribution is 2.09.